The molecule has 0 amide bonds. The van der Waals surface area contributed by atoms with Crippen LogP contribution < -0.4 is 5.73 Å². The van der Waals surface area contributed by atoms with Crippen molar-refractivity contribution in [2.75, 3.05) is 0 Å². The van der Waals surface area contributed by atoms with Crippen LogP contribution in [0.4, 0.5) is 0 Å². The third-order valence-electron chi connectivity index (χ3n) is 2.67. The zero-order valence-corrected chi connectivity index (χ0v) is 9.89. The van der Waals surface area contributed by atoms with Crippen molar-refractivity contribution in [1.82, 2.24) is 0 Å². The Balaban J connectivity index is 0.00000112. The molecule has 0 aliphatic heterocycles. The van der Waals surface area contributed by atoms with Gasteiger partial charge >= 0.3 is 0 Å². The van der Waals surface area contributed by atoms with Crippen LogP contribution in [0.1, 0.15) is 30.9 Å². The molecule has 3 N–H and O–H groups in total. The van der Waals surface area contributed by atoms with E-state index in [9.17, 15) is 5.11 Å². The third kappa shape index (κ3) is 3.26. The number of phenols is 1. The Hall–Kier alpha value is -0.440. The average Bonchev–Trinajstić information content (AvgIpc) is 2.93. The fourth-order valence-electron chi connectivity index (χ4n) is 1.66. The summed E-state index contributed by atoms with van der Waals surface area (Å²) < 4.78 is 0. The van der Waals surface area contributed by atoms with Crippen molar-refractivity contribution in [2.24, 2.45) is 11.7 Å². The van der Waals surface area contributed by atoms with Gasteiger partial charge < -0.3 is 10.8 Å². The van der Waals surface area contributed by atoms with Crippen molar-refractivity contribution in [3.05, 3.63) is 28.8 Å². The fraction of sp³-hybridized carbons (Fsp3) is 0.455. The van der Waals surface area contributed by atoms with Crippen LogP contribution in [0.25, 0.3) is 0 Å². The van der Waals surface area contributed by atoms with Crippen molar-refractivity contribution in [3.63, 3.8) is 0 Å². The molecule has 0 radical (unpaired) electrons. The van der Waals surface area contributed by atoms with Crippen molar-refractivity contribution < 1.29 is 5.11 Å². The number of benzene rings is 1. The van der Waals surface area contributed by atoms with Gasteiger partial charge in [0, 0.05) is 16.6 Å². The molecule has 1 aromatic carbocycles. The molecule has 0 heterocycles. The molecule has 1 aliphatic carbocycles. The maximum absolute atomic E-state index is 9.60. The Morgan fingerprint density at radius 3 is 2.73 bits per heavy atom. The van der Waals surface area contributed by atoms with E-state index in [1.165, 1.54) is 12.8 Å². The Kier molecular flexibility index (Phi) is 4.26. The summed E-state index contributed by atoms with van der Waals surface area (Å²) in [5.41, 5.74) is 6.75. The molecule has 0 spiro atoms. The smallest absolute Gasteiger partial charge is 0.120 e. The third-order valence-corrected chi connectivity index (χ3v) is 2.91. The van der Waals surface area contributed by atoms with Crippen molar-refractivity contribution in [2.45, 2.75) is 25.3 Å². The summed E-state index contributed by atoms with van der Waals surface area (Å²) in [5.74, 6) is 1.01. The molecule has 0 saturated heterocycles. The summed E-state index contributed by atoms with van der Waals surface area (Å²) in [6, 6.07) is 4.94. The van der Waals surface area contributed by atoms with Gasteiger partial charge in [0.25, 0.3) is 0 Å². The predicted molar refractivity (Wildman–Crippen MR) is 64.6 cm³/mol. The molecule has 84 valence electrons. The van der Waals surface area contributed by atoms with Crippen LogP contribution in [0, 0.1) is 5.92 Å². The lowest BCUT2D eigenvalue weighted by molar-refractivity contribution is 0.455. The number of phenolic OH excluding ortho intramolecular Hbond substituents is 1. The van der Waals surface area contributed by atoms with E-state index < -0.39 is 0 Å². The van der Waals surface area contributed by atoms with Gasteiger partial charge in [-0.1, -0.05) is 24.4 Å². The van der Waals surface area contributed by atoms with E-state index in [-0.39, 0.29) is 24.2 Å². The molecule has 1 fully saturated rings. The van der Waals surface area contributed by atoms with Crippen LogP contribution in [-0.4, -0.2) is 5.11 Å². The molecule has 1 aromatic rings. The summed E-state index contributed by atoms with van der Waals surface area (Å²) in [6.07, 6.45) is 3.50. The Morgan fingerprint density at radius 1 is 1.47 bits per heavy atom. The molecule has 1 aliphatic rings. The highest BCUT2D eigenvalue weighted by atomic mass is 35.5. The van der Waals surface area contributed by atoms with Gasteiger partial charge in [-0.3, -0.25) is 0 Å². The zero-order valence-electron chi connectivity index (χ0n) is 8.32. The number of rotatable bonds is 3. The van der Waals surface area contributed by atoms with Crippen LogP contribution in [0.3, 0.4) is 0 Å². The molecular weight excluding hydrogens is 233 g/mol. The van der Waals surface area contributed by atoms with E-state index in [2.05, 4.69) is 0 Å². The first-order chi connectivity index (χ1) is 6.66. The van der Waals surface area contributed by atoms with Gasteiger partial charge in [0.05, 0.1) is 0 Å². The molecule has 0 bridgehead atoms. The van der Waals surface area contributed by atoms with Crippen LogP contribution in [0.5, 0.6) is 5.75 Å². The molecule has 1 saturated carbocycles. The summed E-state index contributed by atoms with van der Waals surface area (Å²) in [4.78, 5) is 0. The van der Waals surface area contributed by atoms with Crippen LogP contribution >= 0.6 is 24.0 Å². The second-order valence-electron chi connectivity index (χ2n) is 3.99. The lowest BCUT2D eigenvalue weighted by Gasteiger charge is -2.13. The van der Waals surface area contributed by atoms with Crippen LogP contribution in [0.2, 0.25) is 5.02 Å². The van der Waals surface area contributed by atoms with E-state index in [0.717, 1.165) is 17.9 Å². The van der Waals surface area contributed by atoms with Gasteiger partial charge in [0.1, 0.15) is 5.75 Å². The van der Waals surface area contributed by atoms with E-state index in [1.54, 1.807) is 18.2 Å². The van der Waals surface area contributed by atoms with E-state index in [4.69, 9.17) is 17.3 Å². The SMILES string of the molecule is Cl.N[C@H](CC1CC1)c1cc(Cl)ccc1O. The van der Waals surface area contributed by atoms with E-state index in [1.807, 2.05) is 0 Å². The molecule has 1 atom stereocenters. The van der Waals surface area contributed by atoms with Gasteiger partial charge in [-0.25, -0.2) is 0 Å². The van der Waals surface area contributed by atoms with Gasteiger partial charge in [-0.15, -0.1) is 12.4 Å². The molecule has 2 nitrogen and oxygen atoms in total. The summed E-state index contributed by atoms with van der Waals surface area (Å²) in [5, 5.41) is 10.2. The van der Waals surface area contributed by atoms with Crippen molar-refractivity contribution in [3.8, 4) is 5.75 Å². The Bertz CT molecular complexity index is 339. The molecule has 4 heteroatoms. The molecule has 15 heavy (non-hydrogen) atoms. The highest BCUT2D eigenvalue weighted by molar-refractivity contribution is 6.30. The molecular formula is C11H15Cl2NO. The number of hydrogen-bond donors (Lipinski definition) is 2. The summed E-state index contributed by atoms with van der Waals surface area (Å²) in [6.45, 7) is 0. The molecule has 2 rings (SSSR count). The molecule has 0 unspecified atom stereocenters. The van der Waals surface area contributed by atoms with Crippen molar-refractivity contribution in [1.29, 1.82) is 0 Å². The van der Waals surface area contributed by atoms with E-state index >= 15 is 0 Å². The number of halogens is 2. The average molecular weight is 248 g/mol. The van der Waals surface area contributed by atoms with Crippen LogP contribution in [0.15, 0.2) is 18.2 Å². The normalized spacial score (nSPS) is 16.9. The zero-order chi connectivity index (χ0) is 10.1. The minimum absolute atomic E-state index is 0. The monoisotopic (exact) mass is 247 g/mol. The quantitative estimate of drug-likeness (QED) is 0.862. The summed E-state index contributed by atoms with van der Waals surface area (Å²) in [7, 11) is 0. The Morgan fingerprint density at radius 2 is 2.13 bits per heavy atom. The van der Waals surface area contributed by atoms with Crippen LogP contribution in [-0.2, 0) is 0 Å². The first-order valence-electron chi connectivity index (χ1n) is 4.91. The topological polar surface area (TPSA) is 46.2 Å². The van der Waals surface area contributed by atoms with Gasteiger partial charge in [-0.2, -0.15) is 0 Å². The summed E-state index contributed by atoms with van der Waals surface area (Å²) >= 11 is 5.85. The minimum atomic E-state index is -0.0822. The highest BCUT2D eigenvalue weighted by Gasteiger charge is 2.25. The maximum Gasteiger partial charge on any atom is 0.120 e. The highest BCUT2D eigenvalue weighted by Crippen LogP contribution is 2.38. The van der Waals surface area contributed by atoms with Gasteiger partial charge in [-0.05, 0) is 30.5 Å². The maximum atomic E-state index is 9.60. The second-order valence-corrected chi connectivity index (χ2v) is 4.43. The van der Waals surface area contributed by atoms with Gasteiger partial charge in [0.2, 0.25) is 0 Å². The largest absolute Gasteiger partial charge is 0.508 e. The first kappa shape index (κ1) is 12.6. The standard InChI is InChI=1S/C11H14ClNO.ClH/c12-8-3-4-11(14)9(6-8)10(13)5-7-1-2-7;/h3-4,6-7,10,14H,1-2,5,13H2;1H/t10-;/m1./s1. The minimum Gasteiger partial charge on any atom is -0.508 e. The fourth-order valence-corrected chi connectivity index (χ4v) is 1.84. The molecule has 0 aromatic heterocycles. The lowest BCUT2D eigenvalue weighted by Crippen LogP contribution is -2.11. The van der Waals surface area contributed by atoms with Gasteiger partial charge in [0.15, 0.2) is 0 Å². The second kappa shape index (κ2) is 5.06. The lowest BCUT2D eigenvalue weighted by atomic mass is 10.0. The first-order valence-corrected chi connectivity index (χ1v) is 5.28. The number of aromatic hydroxyl groups is 1. The predicted octanol–water partition coefficient (Wildman–Crippen LogP) is 3.27. The number of hydrogen-bond acceptors (Lipinski definition) is 2. The van der Waals surface area contributed by atoms with Crippen molar-refractivity contribution >= 4 is 24.0 Å². The van der Waals surface area contributed by atoms with E-state index in [0.29, 0.717) is 5.02 Å². The Labute approximate surface area is 101 Å². The number of nitrogens with two attached hydrogens (primary N) is 1.